The smallest absolute Gasteiger partial charge is 0.178 e. The van der Waals surface area contributed by atoms with E-state index in [1.807, 2.05) is 19.1 Å². The monoisotopic (exact) mass is 296 g/mol. The molecule has 0 aromatic heterocycles. The fourth-order valence-corrected chi connectivity index (χ4v) is 3.13. The standard InChI is InChI=1S/C16H24O3S/c1-4-6-15(17)12-13(3)11-14-7-9-16(10-8-14)20(18,19)5-2/h7-10,13H,4-6,11-12H2,1-3H3. The Bertz CT molecular complexity index is 529. The normalized spacial score (nSPS) is 13.2. The number of sulfone groups is 1. The summed E-state index contributed by atoms with van der Waals surface area (Å²) in [5.41, 5.74) is 1.08. The summed E-state index contributed by atoms with van der Waals surface area (Å²) in [5, 5.41) is 0. The number of benzene rings is 1. The van der Waals surface area contributed by atoms with Crippen molar-refractivity contribution in [3.05, 3.63) is 29.8 Å². The van der Waals surface area contributed by atoms with Gasteiger partial charge in [0, 0.05) is 12.8 Å². The maximum atomic E-state index is 11.7. The van der Waals surface area contributed by atoms with Crippen molar-refractivity contribution in [3.63, 3.8) is 0 Å². The lowest BCUT2D eigenvalue weighted by atomic mass is 9.95. The van der Waals surface area contributed by atoms with E-state index in [0.29, 0.717) is 29.4 Å². The second-order valence-electron chi connectivity index (χ2n) is 5.35. The van der Waals surface area contributed by atoms with Gasteiger partial charge in [-0.15, -0.1) is 0 Å². The van der Waals surface area contributed by atoms with E-state index in [-0.39, 0.29) is 5.75 Å². The Kier molecular flexibility index (Phi) is 6.40. The Hall–Kier alpha value is -1.16. The molecule has 0 aliphatic heterocycles. The first-order valence-corrected chi connectivity index (χ1v) is 8.87. The predicted molar refractivity (Wildman–Crippen MR) is 81.6 cm³/mol. The third-order valence-electron chi connectivity index (χ3n) is 3.35. The van der Waals surface area contributed by atoms with Crippen LogP contribution in [0.3, 0.4) is 0 Å². The first-order chi connectivity index (χ1) is 9.39. The third kappa shape index (κ3) is 5.08. The van der Waals surface area contributed by atoms with Crippen molar-refractivity contribution in [1.82, 2.24) is 0 Å². The van der Waals surface area contributed by atoms with Crippen LogP contribution in [0, 0.1) is 5.92 Å². The van der Waals surface area contributed by atoms with Crippen LogP contribution in [0.5, 0.6) is 0 Å². The summed E-state index contributed by atoms with van der Waals surface area (Å²) in [7, 11) is -3.12. The minimum atomic E-state index is -3.12. The zero-order valence-corrected chi connectivity index (χ0v) is 13.4. The molecule has 0 saturated heterocycles. The van der Waals surface area contributed by atoms with Crippen molar-refractivity contribution in [1.29, 1.82) is 0 Å². The number of Topliss-reactive ketones (excluding diaryl/α,β-unsaturated/α-hetero) is 1. The molecular formula is C16H24O3S. The molecule has 1 rings (SSSR count). The number of hydrogen-bond donors (Lipinski definition) is 0. The lowest BCUT2D eigenvalue weighted by Crippen LogP contribution is -2.08. The molecule has 0 bridgehead atoms. The van der Waals surface area contributed by atoms with Crippen LogP contribution in [0.2, 0.25) is 0 Å². The van der Waals surface area contributed by atoms with Crippen LogP contribution in [-0.4, -0.2) is 20.0 Å². The van der Waals surface area contributed by atoms with E-state index in [0.717, 1.165) is 18.4 Å². The summed E-state index contributed by atoms with van der Waals surface area (Å²) >= 11 is 0. The number of carbonyl (C=O) groups excluding carboxylic acids is 1. The first kappa shape index (κ1) is 16.9. The maximum absolute atomic E-state index is 11.7. The van der Waals surface area contributed by atoms with Gasteiger partial charge >= 0.3 is 0 Å². The largest absolute Gasteiger partial charge is 0.300 e. The number of ketones is 1. The van der Waals surface area contributed by atoms with Crippen LogP contribution in [0.1, 0.15) is 45.6 Å². The number of carbonyl (C=O) groups is 1. The average Bonchev–Trinajstić information content (AvgIpc) is 2.39. The van der Waals surface area contributed by atoms with Gasteiger partial charge in [0.25, 0.3) is 0 Å². The molecule has 3 nitrogen and oxygen atoms in total. The average molecular weight is 296 g/mol. The summed E-state index contributed by atoms with van der Waals surface area (Å²) in [6.07, 6.45) is 2.96. The lowest BCUT2D eigenvalue weighted by molar-refractivity contribution is -0.119. The van der Waals surface area contributed by atoms with E-state index >= 15 is 0 Å². The van der Waals surface area contributed by atoms with Gasteiger partial charge in [-0.05, 0) is 36.5 Å². The molecule has 1 unspecified atom stereocenters. The van der Waals surface area contributed by atoms with Crippen molar-refractivity contribution in [2.45, 2.75) is 51.3 Å². The molecule has 112 valence electrons. The van der Waals surface area contributed by atoms with E-state index in [2.05, 4.69) is 6.92 Å². The first-order valence-electron chi connectivity index (χ1n) is 7.22. The minimum absolute atomic E-state index is 0.119. The van der Waals surface area contributed by atoms with E-state index in [1.54, 1.807) is 19.1 Å². The van der Waals surface area contributed by atoms with Gasteiger partial charge in [-0.3, -0.25) is 4.79 Å². The highest BCUT2D eigenvalue weighted by Gasteiger charge is 2.12. The Morgan fingerprint density at radius 1 is 1.15 bits per heavy atom. The van der Waals surface area contributed by atoms with Gasteiger partial charge in [-0.25, -0.2) is 8.42 Å². The molecule has 4 heteroatoms. The fraction of sp³-hybridized carbons (Fsp3) is 0.562. The van der Waals surface area contributed by atoms with Crippen LogP contribution in [-0.2, 0) is 21.1 Å². The molecule has 0 saturated carbocycles. The van der Waals surface area contributed by atoms with E-state index in [1.165, 1.54) is 0 Å². The van der Waals surface area contributed by atoms with E-state index in [4.69, 9.17) is 0 Å². The topological polar surface area (TPSA) is 51.2 Å². The molecule has 0 aliphatic rings. The second kappa shape index (κ2) is 7.58. The van der Waals surface area contributed by atoms with Gasteiger partial charge in [-0.2, -0.15) is 0 Å². The summed E-state index contributed by atoms with van der Waals surface area (Å²) < 4.78 is 23.4. The van der Waals surface area contributed by atoms with Crippen molar-refractivity contribution < 1.29 is 13.2 Å². The molecule has 0 amide bonds. The summed E-state index contributed by atoms with van der Waals surface area (Å²) in [5.74, 6) is 0.724. The molecule has 0 N–H and O–H groups in total. The summed E-state index contributed by atoms with van der Waals surface area (Å²) in [6.45, 7) is 5.71. The molecule has 0 radical (unpaired) electrons. The van der Waals surface area contributed by atoms with Gasteiger partial charge < -0.3 is 0 Å². The van der Waals surface area contributed by atoms with E-state index in [9.17, 15) is 13.2 Å². The Labute approximate surface area is 122 Å². The molecule has 1 atom stereocenters. The molecule has 1 aromatic carbocycles. The van der Waals surface area contributed by atoms with Crippen LogP contribution < -0.4 is 0 Å². The molecule has 0 fully saturated rings. The molecule has 0 aliphatic carbocycles. The van der Waals surface area contributed by atoms with Gasteiger partial charge in [0.05, 0.1) is 10.6 Å². The highest BCUT2D eigenvalue weighted by molar-refractivity contribution is 7.91. The van der Waals surface area contributed by atoms with Crippen LogP contribution in [0.15, 0.2) is 29.2 Å². The van der Waals surface area contributed by atoms with Crippen molar-refractivity contribution >= 4 is 15.6 Å². The SMILES string of the molecule is CCCC(=O)CC(C)Cc1ccc(S(=O)(=O)CC)cc1. The Balaban J connectivity index is 2.64. The van der Waals surface area contributed by atoms with Crippen LogP contribution in [0.4, 0.5) is 0 Å². The van der Waals surface area contributed by atoms with Crippen molar-refractivity contribution in [2.75, 3.05) is 5.75 Å². The van der Waals surface area contributed by atoms with Gasteiger partial charge in [0.15, 0.2) is 9.84 Å². The predicted octanol–water partition coefficient (Wildman–Crippen LogP) is 3.42. The minimum Gasteiger partial charge on any atom is -0.300 e. The third-order valence-corrected chi connectivity index (χ3v) is 5.10. The van der Waals surface area contributed by atoms with Crippen molar-refractivity contribution in [3.8, 4) is 0 Å². The summed E-state index contributed by atoms with van der Waals surface area (Å²) in [6, 6.07) is 7.02. The number of rotatable bonds is 8. The fourth-order valence-electron chi connectivity index (χ4n) is 2.24. The second-order valence-corrected chi connectivity index (χ2v) is 7.63. The van der Waals surface area contributed by atoms with E-state index < -0.39 is 9.84 Å². The van der Waals surface area contributed by atoms with Gasteiger partial charge in [0.1, 0.15) is 5.78 Å². The number of hydrogen-bond acceptors (Lipinski definition) is 3. The zero-order valence-electron chi connectivity index (χ0n) is 12.6. The highest BCUT2D eigenvalue weighted by Crippen LogP contribution is 2.17. The van der Waals surface area contributed by atoms with Crippen molar-refractivity contribution in [2.24, 2.45) is 5.92 Å². The highest BCUT2D eigenvalue weighted by atomic mass is 32.2. The summed E-state index contributed by atoms with van der Waals surface area (Å²) in [4.78, 5) is 12.0. The molecule has 0 heterocycles. The van der Waals surface area contributed by atoms with Crippen LogP contribution >= 0.6 is 0 Å². The van der Waals surface area contributed by atoms with Crippen LogP contribution in [0.25, 0.3) is 0 Å². The van der Waals surface area contributed by atoms with Gasteiger partial charge in [0.2, 0.25) is 0 Å². The Morgan fingerprint density at radius 3 is 2.25 bits per heavy atom. The molecule has 20 heavy (non-hydrogen) atoms. The molecule has 1 aromatic rings. The van der Waals surface area contributed by atoms with Gasteiger partial charge in [-0.1, -0.05) is 32.9 Å². The lowest BCUT2D eigenvalue weighted by Gasteiger charge is -2.11. The quantitative estimate of drug-likeness (QED) is 0.738. The molecular weight excluding hydrogens is 272 g/mol. The maximum Gasteiger partial charge on any atom is 0.178 e. The zero-order chi connectivity index (χ0) is 15.2. The molecule has 0 spiro atoms. The Morgan fingerprint density at radius 2 is 1.75 bits per heavy atom.